The highest BCUT2D eigenvalue weighted by molar-refractivity contribution is 5.85. The van der Waals surface area contributed by atoms with Crippen molar-refractivity contribution in [2.24, 2.45) is 0 Å². The molecule has 0 amide bonds. The van der Waals surface area contributed by atoms with Gasteiger partial charge < -0.3 is 9.30 Å². The lowest BCUT2D eigenvalue weighted by Crippen LogP contribution is -2.06. The maximum Gasteiger partial charge on any atom is 0.119 e. The van der Waals surface area contributed by atoms with Crippen molar-refractivity contribution in [1.29, 1.82) is 0 Å². The minimum absolute atomic E-state index is 0.979. The predicted molar refractivity (Wildman–Crippen MR) is 56.8 cm³/mol. The van der Waals surface area contributed by atoms with Gasteiger partial charge in [-0.15, -0.1) is 0 Å². The molecule has 2 heteroatoms. The Morgan fingerprint density at radius 2 is 2.29 bits per heavy atom. The zero-order chi connectivity index (χ0) is 9.54. The summed E-state index contributed by atoms with van der Waals surface area (Å²) in [6.07, 6.45) is 4.59. The SMILES string of the molecule is COc1cc2c3c(ccn3CCC2)c1. The molecule has 1 aromatic heterocycles. The molecule has 0 saturated heterocycles. The van der Waals surface area contributed by atoms with Gasteiger partial charge in [0.15, 0.2) is 0 Å². The van der Waals surface area contributed by atoms with E-state index >= 15 is 0 Å². The molecule has 1 aliphatic heterocycles. The molecule has 2 heterocycles. The lowest BCUT2D eigenvalue weighted by atomic mass is 10.0. The summed E-state index contributed by atoms with van der Waals surface area (Å²) >= 11 is 0. The van der Waals surface area contributed by atoms with E-state index in [2.05, 4.69) is 29.0 Å². The first-order chi connectivity index (χ1) is 6.88. The monoisotopic (exact) mass is 187 g/mol. The fourth-order valence-corrected chi connectivity index (χ4v) is 2.35. The van der Waals surface area contributed by atoms with Gasteiger partial charge in [-0.1, -0.05) is 0 Å². The minimum Gasteiger partial charge on any atom is -0.497 e. The Kier molecular flexibility index (Phi) is 1.57. The van der Waals surface area contributed by atoms with E-state index in [-0.39, 0.29) is 0 Å². The van der Waals surface area contributed by atoms with Gasteiger partial charge in [-0.05, 0) is 36.6 Å². The van der Waals surface area contributed by atoms with Crippen molar-refractivity contribution < 1.29 is 4.74 Å². The van der Waals surface area contributed by atoms with Crippen LogP contribution in [0.25, 0.3) is 10.9 Å². The van der Waals surface area contributed by atoms with E-state index in [0.29, 0.717) is 0 Å². The fraction of sp³-hybridized carbons (Fsp3) is 0.333. The molecule has 0 bridgehead atoms. The molecule has 0 N–H and O–H groups in total. The highest BCUT2D eigenvalue weighted by atomic mass is 16.5. The van der Waals surface area contributed by atoms with Crippen LogP contribution in [-0.2, 0) is 13.0 Å². The molecule has 0 spiro atoms. The highest BCUT2D eigenvalue weighted by Crippen LogP contribution is 2.30. The molecule has 0 fully saturated rings. The van der Waals surface area contributed by atoms with E-state index in [0.717, 1.165) is 12.3 Å². The number of hydrogen-bond donors (Lipinski definition) is 0. The number of aromatic nitrogens is 1. The molecule has 0 atom stereocenters. The fourth-order valence-electron chi connectivity index (χ4n) is 2.35. The Bertz CT molecular complexity index is 484. The minimum atomic E-state index is 0.979. The maximum atomic E-state index is 5.29. The van der Waals surface area contributed by atoms with Crippen LogP contribution in [0.2, 0.25) is 0 Å². The summed E-state index contributed by atoms with van der Waals surface area (Å²) in [6.45, 7) is 1.16. The van der Waals surface area contributed by atoms with Crippen LogP contribution in [-0.4, -0.2) is 11.7 Å². The van der Waals surface area contributed by atoms with Crippen LogP contribution in [0.3, 0.4) is 0 Å². The zero-order valence-corrected chi connectivity index (χ0v) is 8.29. The number of hydrogen-bond acceptors (Lipinski definition) is 1. The van der Waals surface area contributed by atoms with Crippen molar-refractivity contribution in [3.63, 3.8) is 0 Å². The van der Waals surface area contributed by atoms with Crippen LogP contribution in [0.4, 0.5) is 0 Å². The maximum absolute atomic E-state index is 5.29. The van der Waals surface area contributed by atoms with Gasteiger partial charge in [0, 0.05) is 18.1 Å². The first-order valence-electron chi connectivity index (χ1n) is 5.04. The number of nitrogens with zero attached hydrogens (tertiary/aromatic N) is 1. The van der Waals surface area contributed by atoms with Gasteiger partial charge in [0.05, 0.1) is 12.6 Å². The summed E-state index contributed by atoms with van der Waals surface area (Å²) in [5, 5.41) is 1.30. The lowest BCUT2D eigenvalue weighted by Gasteiger charge is -2.16. The van der Waals surface area contributed by atoms with Crippen molar-refractivity contribution in [1.82, 2.24) is 4.57 Å². The molecule has 1 aliphatic rings. The average molecular weight is 187 g/mol. The number of methoxy groups -OCH3 is 1. The first kappa shape index (κ1) is 7.92. The summed E-state index contributed by atoms with van der Waals surface area (Å²) < 4.78 is 7.63. The molecule has 3 rings (SSSR count). The van der Waals surface area contributed by atoms with Crippen LogP contribution in [0.1, 0.15) is 12.0 Å². The number of aryl methyl sites for hydroxylation is 2. The van der Waals surface area contributed by atoms with Crippen molar-refractivity contribution in [3.8, 4) is 5.75 Å². The van der Waals surface area contributed by atoms with Crippen molar-refractivity contribution in [3.05, 3.63) is 30.0 Å². The molecule has 0 unspecified atom stereocenters. The second-order valence-electron chi connectivity index (χ2n) is 3.84. The molecule has 72 valence electrons. The van der Waals surface area contributed by atoms with Gasteiger partial charge >= 0.3 is 0 Å². The van der Waals surface area contributed by atoms with Crippen molar-refractivity contribution in [2.45, 2.75) is 19.4 Å². The summed E-state index contributed by atoms with van der Waals surface area (Å²) in [4.78, 5) is 0. The van der Waals surface area contributed by atoms with E-state index in [1.165, 1.54) is 29.3 Å². The van der Waals surface area contributed by atoms with E-state index in [1.807, 2.05) is 0 Å². The van der Waals surface area contributed by atoms with E-state index < -0.39 is 0 Å². The zero-order valence-electron chi connectivity index (χ0n) is 8.29. The first-order valence-corrected chi connectivity index (χ1v) is 5.04. The number of benzene rings is 1. The Labute approximate surface area is 83.1 Å². The van der Waals surface area contributed by atoms with Crippen LogP contribution in [0.5, 0.6) is 5.75 Å². The van der Waals surface area contributed by atoms with Crippen molar-refractivity contribution in [2.75, 3.05) is 7.11 Å². The second-order valence-corrected chi connectivity index (χ2v) is 3.84. The van der Waals surface area contributed by atoms with Gasteiger partial charge in [0.1, 0.15) is 5.75 Å². The second kappa shape index (κ2) is 2.77. The highest BCUT2D eigenvalue weighted by Gasteiger charge is 2.13. The molecule has 14 heavy (non-hydrogen) atoms. The van der Waals surface area contributed by atoms with Crippen LogP contribution >= 0.6 is 0 Å². The third-order valence-electron chi connectivity index (χ3n) is 2.99. The van der Waals surface area contributed by atoms with Gasteiger partial charge in [-0.25, -0.2) is 0 Å². The molecule has 0 radical (unpaired) electrons. The topological polar surface area (TPSA) is 14.2 Å². The normalized spacial score (nSPS) is 14.6. The van der Waals surface area contributed by atoms with Gasteiger partial charge in [-0.3, -0.25) is 0 Å². The third-order valence-corrected chi connectivity index (χ3v) is 2.99. The molecule has 0 aliphatic carbocycles. The summed E-state index contributed by atoms with van der Waals surface area (Å²) in [6, 6.07) is 6.45. The molecular formula is C12H13NO. The molecule has 2 aromatic rings. The summed E-state index contributed by atoms with van der Waals surface area (Å²) in [5.74, 6) is 0.979. The Morgan fingerprint density at radius 1 is 1.36 bits per heavy atom. The van der Waals surface area contributed by atoms with Crippen molar-refractivity contribution >= 4 is 10.9 Å². The Morgan fingerprint density at radius 3 is 3.14 bits per heavy atom. The van der Waals surface area contributed by atoms with Crippen LogP contribution in [0.15, 0.2) is 24.4 Å². The number of rotatable bonds is 1. The van der Waals surface area contributed by atoms with Crippen LogP contribution < -0.4 is 4.74 Å². The average Bonchev–Trinajstić information content (AvgIpc) is 2.64. The third kappa shape index (κ3) is 0.969. The summed E-state index contributed by atoms with van der Waals surface area (Å²) in [7, 11) is 1.73. The number of ether oxygens (including phenoxy) is 1. The molecule has 1 aromatic carbocycles. The van der Waals surface area contributed by atoms with E-state index in [9.17, 15) is 0 Å². The largest absolute Gasteiger partial charge is 0.497 e. The Balaban J connectivity index is 2.36. The Hall–Kier alpha value is -1.44. The summed E-state index contributed by atoms with van der Waals surface area (Å²) in [5.41, 5.74) is 2.83. The quantitative estimate of drug-likeness (QED) is 0.669. The van der Waals surface area contributed by atoms with E-state index in [4.69, 9.17) is 4.74 Å². The van der Waals surface area contributed by atoms with Gasteiger partial charge in [0.2, 0.25) is 0 Å². The standard InChI is InChI=1S/C12H13NO/c1-14-11-7-9-3-2-5-13-6-4-10(8-11)12(9)13/h4,6-8H,2-3,5H2,1H3. The smallest absolute Gasteiger partial charge is 0.119 e. The molecule has 0 saturated carbocycles. The van der Waals surface area contributed by atoms with Gasteiger partial charge in [-0.2, -0.15) is 0 Å². The van der Waals surface area contributed by atoms with E-state index in [1.54, 1.807) is 7.11 Å². The van der Waals surface area contributed by atoms with Crippen LogP contribution in [0, 0.1) is 0 Å². The molecular weight excluding hydrogens is 174 g/mol. The van der Waals surface area contributed by atoms with Gasteiger partial charge in [0.25, 0.3) is 0 Å². The predicted octanol–water partition coefficient (Wildman–Crippen LogP) is 2.60. The molecule has 2 nitrogen and oxygen atoms in total. The lowest BCUT2D eigenvalue weighted by molar-refractivity contribution is 0.414.